The summed E-state index contributed by atoms with van der Waals surface area (Å²) in [5.74, 6) is -1.12. The lowest BCUT2D eigenvalue weighted by atomic mass is 10.4. The first-order chi connectivity index (χ1) is 6.61. The summed E-state index contributed by atoms with van der Waals surface area (Å²) in [7, 11) is 0. The van der Waals surface area contributed by atoms with Gasteiger partial charge in [-0.1, -0.05) is 0 Å². The number of hydrogen-bond donors (Lipinski definition) is 0. The summed E-state index contributed by atoms with van der Waals surface area (Å²) in [6.07, 6.45) is 0.374. The second-order valence-electron chi connectivity index (χ2n) is 2.76. The molecule has 1 heterocycles. The average molecular weight is 201 g/mol. The summed E-state index contributed by atoms with van der Waals surface area (Å²) < 4.78 is 4.56. The Labute approximate surface area is 80.7 Å². The van der Waals surface area contributed by atoms with E-state index >= 15 is 0 Å². The van der Waals surface area contributed by atoms with Crippen molar-refractivity contribution in [3.63, 3.8) is 0 Å². The smallest absolute Gasteiger partial charge is 0.302 e. The van der Waals surface area contributed by atoms with E-state index in [4.69, 9.17) is 4.84 Å². The molecule has 1 aliphatic heterocycles. The highest BCUT2D eigenvalue weighted by Gasteiger charge is 2.29. The van der Waals surface area contributed by atoms with Gasteiger partial charge in [0.05, 0.1) is 0 Å². The standard InChI is InChI=1S/C8H11NO5/c1-6(10)13-4-5-14-9-7(11)2-3-8(9)12/h2-5H2,1H3. The Bertz CT molecular complexity index is 246. The maximum absolute atomic E-state index is 11.0. The van der Waals surface area contributed by atoms with Crippen LogP contribution in [0.1, 0.15) is 19.8 Å². The van der Waals surface area contributed by atoms with Crippen molar-refractivity contribution >= 4 is 17.8 Å². The molecule has 0 bridgehead atoms. The molecular weight excluding hydrogens is 190 g/mol. The lowest BCUT2D eigenvalue weighted by molar-refractivity contribution is -0.191. The Hall–Kier alpha value is -1.43. The fraction of sp³-hybridized carbons (Fsp3) is 0.625. The first-order valence-electron chi connectivity index (χ1n) is 4.23. The Morgan fingerprint density at radius 2 is 1.86 bits per heavy atom. The van der Waals surface area contributed by atoms with Crippen molar-refractivity contribution in [2.45, 2.75) is 19.8 Å². The molecule has 0 aliphatic carbocycles. The third-order valence-electron chi connectivity index (χ3n) is 1.61. The van der Waals surface area contributed by atoms with Crippen molar-refractivity contribution in [3.05, 3.63) is 0 Å². The van der Waals surface area contributed by atoms with Gasteiger partial charge in [0.25, 0.3) is 11.8 Å². The SMILES string of the molecule is CC(=O)OCCON1C(=O)CCC1=O. The summed E-state index contributed by atoms with van der Waals surface area (Å²) in [6, 6.07) is 0. The van der Waals surface area contributed by atoms with Crippen LogP contribution in [-0.4, -0.2) is 36.1 Å². The molecule has 0 spiro atoms. The lowest BCUT2D eigenvalue weighted by Gasteiger charge is -2.12. The zero-order valence-corrected chi connectivity index (χ0v) is 7.82. The normalized spacial score (nSPS) is 16.2. The number of carbonyl (C=O) groups is 3. The number of hydroxylamine groups is 2. The van der Waals surface area contributed by atoms with Crippen LogP contribution in [0.15, 0.2) is 0 Å². The Balaban J connectivity index is 2.20. The van der Waals surface area contributed by atoms with Crippen LogP contribution in [0.3, 0.4) is 0 Å². The summed E-state index contributed by atoms with van der Waals surface area (Å²) in [6.45, 7) is 1.32. The van der Waals surface area contributed by atoms with E-state index in [0.717, 1.165) is 5.06 Å². The summed E-state index contributed by atoms with van der Waals surface area (Å²) in [4.78, 5) is 37.1. The number of ether oxygens (including phenoxy) is 1. The lowest BCUT2D eigenvalue weighted by Crippen LogP contribution is -2.30. The molecule has 0 saturated carbocycles. The molecular formula is C8H11NO5. The molecule has 1 rings (SSSR count). The fourth-order valence-electron chi connectivity index (χ4n) is 1.01. The third kappa shape index (κ3) is 2.81. The van der Waals surface area contributed by atoms with Gasteiger partial charge in [-0.3, -0.25) is 19.2 Å². The van der Waals surface area contributed by atoms with E-state index in [1.165, 1.54) is 6.92 Å². The van der Waals surface area contributed by atoms with Gasteiger partial charge in [-0.2, -0.15) is 5.06 Å². The van der Waals surface area contributed by atoms with Gasteiger partial charge in [0.15, 0.2) is 0 Å². The molecule has 6 heteroatoms. The van der Waals surface area contributed by atoms with E-state index in [1.807, 2.05) is 0 Å². The molecule has 0 radical (unpaired) electrons. The van der Waals surface area contributed by atoms with Crippen molar-refractivity contribution in [3.8, 4) is 0 Å². The molecule has 78 valence electrons. The van der Waals surface area contributed by atoms with Crippen LogP contribution in [0, 0.1) is 0 Å². The van der Waals surface area contributed by atoms with Crippen molar-refractivity contribution in [1.29, 1.82) is 0 Å². The predicted octanol–water partition coefficient (Wildman–Crippen LogP) is -0.370. The maximum atomic E-state index is 11.0. The summed E-state index contributed by atoms with van der Waals surface area (Å²) in [5, 5.41) is 0.726. The maximum Gasteiger partial charge on any atom is 0.302 e. The zero-order valence-electron chi connectivity index (χ0n) is 7.82. The fourth-order valence-corrected chi connectivity index (χ4v) is 1.01. The monoisotopic (exact) mass is 201 g/mol. The topological polar surface area (TPSA) is 72.9 Å². The third-order valence-corrected chi connectivity index (χ3v) is 1.61. The van der Waals surface area contributed by atoms with Gasteiger partial charge < -0.3 is 4.74 Å². The first kappa shape index (κ1) is 10.6. The highest BCUT2D eigenvalue weighted by molar-refractivity contribution is 6.00. The molecule has 0 unspecified atom stereocenters. The number of carbonyl (C=O) groups excluding carboxylic acids is 3. The predicted molar refractivity (Wildman–Crippen MR) is 43.7 cm³/mol. The van der Waals surface area contributed by atoms with E-state index in [-0.39, 0.29) is 37.9 Å². The van der Waals surface area contributed by atoms with Gasteiger partial charge >= 0.3 is 5.97 Å². The van der Waals surface area contributed by atoms with Crippen LogP contribution in [0.2, 0.25) is 0 Å². The van der Waals surface area contributed by atoms with Crippen molar-refractivity contribution in [2.75, 3.05) is 13.2 Å². The highest BCUT2D eigenvalue weighted by atomic mass is 16.7. The molecule has 2 amide bonds. The van der Waals surface area contributed by atoms with Gasteiger partial charge in [0.2, 0.25) is 0 Å². The number of nitrogens with zero attached hydrogens (tertiary/aromatic N) is 1. The molecule has 0 aromatic heterocycles. The van der Waals surface area contributed by atoms with Gasteiger partial charge in [0.1, 0.15) is 13.2 Å². The van der Waals surface area contributed by atoms with Crippen molar-refractivity contribution < 1.29 is 24.0 Å². The minimum atomic E-state index is -0.423. The first-order valence-corrected chi connectivity index (χ1v) is 4.23. The minimum Gasteiger partial charge on any atom is -0.463 e. The van der Waals surface area contributed by atoms with E-state index in [2.05, 4.69) is 4.74 Å². The summed E-state index contributed by atoms with van der Waals surface area (Å²) >= 11 is 0. The van der Waals surface area contributed by atoms with Crippen LogP contribution >= 0.6 is 0 Å². The van der Waals surface area contributed by atoms with Crippen LogP contribution < -0.4 is 0 Å². The quantitative estimate of drug-likeness (QED) is 0.352. The summed E-state index contributed by atoms with van der Waals surface area (Å²) in [5.41, 5.74) is 0. The molecule has 14 heavy (non-hydrogen) atoms. The molecule has 6 nitrogen and oxygen atoms in total. The van der Waals surface area contributed by atoms with Gasteiger partial charge in [-0.15, -0.1) is 0 Å². The van der Waals surface area contributed by atoms with Crippen LogP contribution in [0.25, 0.3) is 0 Å². The Morgan fingerprint density at radius 1 is 1.29 bits per heavy atom. The second kappa shape index (κ2) is 4.71. The number of amides is 2. The molecule has 0 N–H and O–H groups in total. The van der Waals surface area contributed by atoms with Crippen LogP contribution in [0.4, 0.5) is 0 Å². The van der Waals surface area contributed by atoms with Crippen molar-refractivity contribution in [2.24, 2.45) is 0 Å². The van der Waals surface area contributed by atoms with Gasteiger partial charge in [-0.05, 0) is 0 Å². The van der Waals surface area contributed by atoms with Crippen LogP contribution in [-0.2, 0) is 24.0 Å². The Morgan fingerprint density at radius 3 is 2.36 bits per heavy atom. The molecule has 0 aromatic carbocycles. The molecule has 0 aromatic rings. The number of rotatable bonds is 4. The van der Waals surface area contributed by atoms with Crippen molar-refractivity contribution in [1.82, 2.24) is 5.06 Å². The zero-order chi connectivity index (χ0) is 10.6. The molecule has 1 aliphatic rings. The minimum absolute atomic E-state index is 0.0110. The molecule has 1 fully saturated rings. The second-order valence-corrected chi connectivity index (χ2v) is 2.76. The van der Waals surface area contributed by atoms with E-state index in [0.29, 0.717) is 0 Å². The van der Waals surface area contributed by atoms with Gasteiger partial charge in [0, 0.05) is 19.8 Å². The van der Waals surface area contributed by atoms with E-state index in [1.54, 1.807) is 0 Å². The number of esters is 1. The largest absolute Gasteiger partial charge is 0.463 e. The van der Waals surface area contributed by atoms with Gasteiger partial charge in [-0.25, -0.2) is 0 Å². The number of hydrogen-bond acceptors (Lipinski definition) is 5. The van der Waals surface area contributed by atoms with Crippen LogP contribution in [0.5, 0.6) is 0 Å². The molecule has 0 atom stereocenters. The van der Waals surface area contributed by atoms with E-state index in [9.17, 15) is 14.4 Å². The average Bonchev–Trinajstić information content (AvgIpc) is 2.42. The number of imide groups is 1. The highest BCUT2D eigenvalue weighted by Crippen LogP contribution is 2.11. The Kier molecular flexibility index (Phi) is 3.58. The molecule has 1 saturated heterocycles. The van der Waals surface area contributed by atoms with E-state index < -0.39 is 5.97 Å².